The van der Waals surface area contributed by atoms with E-state index in [0.29, 0.717) is 6.04 Å². The second-order valence-electron chi connectivity index (χ2n) is 5.46. The monoisotopic (exact) mass is 276 g/mol. The molecule has 1 unspecified atom stereocenters. The number of benzene rings is 1. The van der Waals surface area contributed by atoms with Crippen LogP contribution < -0.4 is 5.32 Å². The Morgan fingerprint density at radius 3 is 2.45 bits per heavy atom. The van der Waals surface area contributed by atoms with Gasteiger partial charge in [-0.15, -0.1) is 0 Å². The summed E-state index contributed by atoms with van der Waals surface area (Å²) in [6, 6.07) is 9.52. The Bertz CT molecular complexity index is 371. The third-order valence-electron chi connectivity index (χ3n) is 4.12. The molecule has 3 heteroatoms. The van der Waals surface area contributed by atoms with Gasteiger partial charge in [-0.2, -0.15) is 0 Å². The zero-order chi connectivity index (χ0) is 14.2. The maximum absolute atomic E-state index is 5.38. The molecule has 112 valence electrons. The SMILES string of the molecule is CCc1ccc(C(CC)NCCN2CCOCC2)cc1. The first kappa shape index (κ1) is 15.5. The van der Waals surface area contributed by atoms with Crippen molar-refractivity contribution in [1.82, 2.24) is 10.2 Å². The summed E-state index contributed by atoms with van der Waals surface area (Å²) in [6.07, 6.45) is 2.25. The first-order valence-corrected chi connectivity index (χ1v) is 7.95. The molecule has 1 aromatic carbocycles. The average molecular weight is 276 g/mol. The van der Waals surface area contributed by atoms with E-state index >= 15 is 0 Å². The molecule has 1 aliphatic rings. The quantitative estimate of drug-likeness (QED) is 0.828. The lowest BCUT2D eigenvalue weighted by molar-refractivity contribution is 0.0381. The van der Waals surface area contributed by atoms with Gasteiger partial charge in [0.1, 0.15) is 0 Å². The average Bonchev–Trinajstić information content (AvgIpc) is 2.53. The highest BCUT2D eigenvalue weighted by Crippen LogP contribution is 2.17. The molecule has 3 nitrogen and oxygen atoms in total. The third-order valence-corrected chi connectivity index (χ3v) is 4.12. The van der Waals surface area contributed by atoms with E-state index in [2.05, 4.69) is 48.3 Å². The lowest BCUT2D eigenvalue weighted by atomic mass is 10.0. The molecule has 1 aliphatic heterocycles. The Morgan fingerprint density at radius 2 is 1.85 bits per heavy atom. The van der Waals surface area contributed by atoms with Gasteiger partial charge in [-0.25, -0.2) is 0 Å². The Morgan fingerprint density at radius 1 is 1.15 bits per heavy atom. The molecule has 1 N–H and O–H groups in total. The lowest BCUT2D eigenvalue weighted by Gasteiger charge is -2.27. The number of morpholine rings is 1. The van der Waals surface area contributed by atoms with E-state index in [1.54, 1.807) is 0 Å². The number of hydrogen-bond donors (Lipinski definition) is 1. The summed E-state index contributed by atoms with van der Waals surface area (Å²) in [5.41, 5.74) is 2.82. The Labute approximate surface area is 123 Å². The van der Waals surface area contributed by atoms with Gasteiger partial charge in [-0.05, 0) is 24.0 Å². The molecule has 1 heterocycles. The van der Waals surface area contributed by atoms with Gasteiger partial charge >= 0.3 is 0 Å². The third kappa shape index (κ3) is 4.58. The first-order valence-electron chi connectivity index (χ1n) is 7.95. The normalized spacial score (nSPS) is 18.1. The van der Waals surface area contributed by atoms with Gasteiger partial charge in [-0.3, -0.25) is 4.90 Å². The van der Waals surface area contributed by atoms with Crippen LogP contribution in [0.15, 0.2) is 24.3 Å². The van der Waals surface area contributed by atoms with Crippen LogP contribution in [0.25, 0.3) is 0 Å². The summed E-state index contributed by atoms with van der Waals surface area (Å²) in [7, 11) is 0. The standard InChI is InChI=1S/C17H28N2O/c1-3-15-5-7-16(8-6-15)17(4-2)18-9-10-19-11-13-20-14-12-19/h5-8,17-18H,3-4,9-14H2,1-2H3. The Hall–Kier alpha value is -0.900. The van der Waals surface area contributed by atoms with E-state index in [0.717, 1.165) is 52.2 Å². The van der Waals surface area contributed by atoms with E-state index in [4.69, 9.17) is 4.74 Å². The number of rotatable bonds is 7. The minimum Gasteiger partial charge on any atom is -0.379 e. The van der Waals surface area contributed by atoms with Crippen LogP contribution in [-0.2, 0) is 11.2 Å². The second kappa shape index (κ2) is 8.40. The molecule has 20 heavy (non-hydrogen) atoms. The Kier molecular flexibility index (Phi) is 6.51. The lowest BCUT2D eigenvalue weighted by Crippen LogP contribution is -2.40. The van der Waals surface area contributed by atoms with E-state index < -0.39 is 0 Å². The minimum atomic E-state index is 0.474. The maximum Gasteiger partial charge on any atom is 0.0594 e. The van der Waals surface area contributed by atoms with Crippen LogP contribution in [-0.4, -0.2) is 44.3 Å². The molecule has 0 spiro atoms. The van der Waals surface area contributed by atoms with Crippen molar-refractivity contribution in [2.24, 2.45) is 0 Å². The van der Waals surface area contributed by atoms with Gasteiger partial charge in [0.25, 0.3) is 0 Å². The molecule has 0 saturated carbocycles. The van der Waals surface area contributed by atoms with Crippen LogP contribution in [0, 0.1) is 0 Å². The highest BCUT2D eigenvalue weighted by atomic mass is 16.5. The molecule has 1 fully saturated rings. The van der Waals surface area contributed by atoms with Gasteiger partial charge in [0.15, 0.2) is 0 Å². The van der Waals surface area contributed by atoms with Crippen LogP contribution in [0.1, 0.15) is 37.4 Å². The number of nitrogens with zero attached hydrogens (tertiary/aromatic N) is 1. The van der Waals surface area contributed by atoms with Crippen molar-refractivity contribution in [3.8, 4) is 0 Å². The van der Waals surface area contributed by atoms with Crippen LogP contribution in [0.4, 0.5) is 0 Å². The van der Waals surface area contributed by atoms with Crippen LogP contribution in [0.3, 0.4) is 0 Å². The molecule has 2 rings (SSSR count). The minimum absolute atomic E-state index is 0.474. The molecule has 0 radical (unpaired) electrons. The zero-order valence-corrected chi connectivity index (χ0v) is 12.9. The Balaban J connectivity index is 1.78. The van der Waals surface area contributed by atoms with Crippen LogP contribution >= 0.6 is 0 Å². The van der Waals surface area contributed by atoms with Crippen molar-refractivity contribution in [2.45, 2.75) is 32.7 Å². The molecule has 0 aromatic heterocycles. The van der Waals surface area contributed by atoms with Crippen molar-refractivity contribution in [3.05, 3.63) is 35.4 Å². The highest BCUT2D eigenvalue weighted by molar-refractivity contribution is 5.25. The van der Waals surface area contributed by atoms with E-state index in [1.165, 1.54) is 11.1 Å². The molecule has 1 saturated heterocycles. The van der Waals surface area contributed by atoms with Crippen molar-refractivity contribution >= 4 is 0 Å². The summed E-state index contributed by atoms with van der Waals surface area (Å²) < 4.78 is 5.38. The van der Waals surface area contributed by atoms with Crippen molar-refractivity contribution < 1.29 is 4.74 Å². The van der Waals surface area contributed by atoms with E-state index in [9.17, 15) is 0 Å². The summed E-state index contributed by atoms with van der Waals surface area (Å²) in [5, 5.41) is 3.69. The molecule has 1 atom stereocenters. The smallest absolute Gasteiger partial charge is 0.0594 e. The summed E-state index contributed by atoms with van der Waals surface area (Å²) in [4.78, 5) is 2.48. The molecule has 1 aromatic rings. The van der Waals surface area contributed by atoms with E-state index in [1.807, 2.05) is 0 Å². The van der Waals surface area contributed by atoms with Crippen molar-refractivity contribution in [1.29, 1.82) is 0 Å². The molecule has 0 amide bonds. The summed E-state index contributed by atoms with van der Waals surface area (Å²) >= 11 is 0. The molecule has 0 bridgehead atoms. The fourth-order valence-corrected chi connectivity index (χ4v) is 2.71. The second-order valence-corrected chi connectivity index (χ2v) is 5.46. The van der Waals surface area contributed by atoms with Gasteiger partial charge in [-0.1, -0.05) is 38.1 Å². The van der Waals surface area contributed by atoms with Crippen LogP contribution in [0.2, 0.25) is 0 Å². The molecular formula is C17H28N2O. The predicted octanol–water partition coefficient (Wildman–Crippen LogP) is 2.62. The highest BCUT2D eigenvalue weighted by Gasteiger charge is 2.12. The summed E-state index contributed by atoms with van der Waals surface area (Å²) in [5.74, 6) is 0. The fraction of sp³-hybridized carbons (Fsp3) is 0.647. The summed E-state index contributed by atoms with van der Waals surface area (Å²) in [6.45, 7) is 10.5. The van der Waals surface area contributed by atoms with Gasteiger partial charge < -0.3 is 10.1 Å². The predicted molar refractivity (Wildman–Crippen MR) is 84.1 cm³/mol. The first-order chi connectivity index (χ1) is 9.83. The van der Waals surface area contributed by atoms with Crippen molar-refractivity contribution in [2.75, 3.05) is 39.4 Å². The topological polar surface area (TPSA) is 24.5 Å². The fourth-order valence-electron chi connectivity index (χ4n) is 2.71. The van der Waals surface area contributed by atoms with Crippen LogP contribution in [0.5, 0.6) is 0 Å². The van der Waals surface area contributed by atoms with E-state index in [-0.39, 0.29) is 0 Å². The molecular weight excluding hydrogens is 248 g/mol. The number of ether oxygens (including phenoxy) is 1. The van der Waals surface area contributed by atoms with Gasteiger partial charge in [0, 0.05) is 32.2 Å². The number of nitrogens with one attached hydrogen (secondary N) is 1. The zero-order valence-electron chi connectivity index (χ0n) is 12.9. The number of aryl methyl sites for hydroxylation is 1. The number of hydrogen-bond acceptors (Lipinski definition) is 3. The maximum atomic E-state index is 5.38. The van der Waals surface area contributed by atoms with Gasteiger partial charge in [0.2, 0.25) is 0 Å². The molecule has 0 aliphatic carbocycles. The largest absolute Gasteiger partial charge is 0.379 e. The van der Waals surface area contributed by atoms with Gasteiger partial charge in [0.05, 0.1) is 13.2 Å². The van der Waals surface area contributed by atoms with Crippen molar-refractivity contribution in [3.63, 3.8) is 0 Å².